The zero-order valence-electron chi connectivity index (χ0n) is 7.25. The molecule has 4 atom stereocenters. The van der Waals surface area contributed by atoms with Crippen molar-refractivity contribution < 1.29 is 19.8 Å². The number of aliphatic carboxylic acids is 2. The second-order valence-corrected chi connectivity index (χ2v) is 4.73. The number of thiol groups is 1. The van der Waals surface area contributed by atoms with Gasteiger partial charge in [-0.3, -0.25) is 9.59 Å². The van der Waals surface area contributed by atoms with Gasteiger partial charge in [0.2, 0.25) is 0 Å². The molecule has 0 heterocycles. The Bertz CT molecular complexity index is 338. The summed E-state index contributed by atoms with van der Waals surface area (Å²) in [5, 5.41) is 17.9. The van der Waals surface area contributed by atoms with Gasteiger partial charge in [-0.15, -0.1) is 0 Å². The molecular weight excluding hydrogens is 204 g/mol. The third-order valence-electron chi connectivity index (χ3n) is 3.10. The van der Waals surface area contributed by atoms with Crippen molar-refractivity contribution in [2.24, 2.45) is 17.8 Å². The number of hydrogen-bond donors (Lipinski definition) is 3. The van der Waals surface area contributed by atoms with Crippen LogP contribution in [0, 0.1) is 17.8 Å². The lowest BCUT2D eigenvalue weighted by Crippen LogP contribution is -2.39. The summed E-state index contributed by atoms with van der Waals surface area (Å²) in [6.45, 7) is 0. The molecule has 2 bridgehead atoms. The number of carboxylic acid groups (broad SMARTS) is 2. The monoisotopic (exact) mass is 214 g/mol. The molecule has 0 aliphatic heterocycles. The van der Waals surface area contributed by atoms with Crippen LogP contribution in [0.25, 0.3) is 0 Å². The van der Waals surface area contributed by atoms with Gasteiger partial charge in [-0.2, -0.15) is 12.6 Å². The first-order chi connectivity index (χ1) is 6.46. The highest BCUT2D eigenvalue weighted by atomic mass is 32.1. The summed E-state index contributed by atoms with van der Waals surface area (Å²) in [6.07, 6.45) is 4.01. The third-order valence-corrected chi connectivity index (χ3v) is 3.71. The Kier molecular flexibility index (Phi) is 1.89. The first kappa shape index (κ1) is 9.58. The van der Waals surface area contributed by atoms with Gasteiger partial charge in [0.15, 0.2) is 0 Å². The summed E-state index contributed by atoms with van der Waals surface area (Å²) in [7, 11) is 0. The van der Waals surface area contributed by atoms with Gasteiger partial charge < -0.3 is 10.2 Å². The van der Waals surface area contributed by atoms with Crippen molar-refractivity contribution in [3.05, 3.63) is 12.2 Å². The first-order valence-corrected chi connectivity index (χ1v) is 4.78. The zero-order valence-corrected chi connectivity index (χ0v) is 8.15. The molecule has 1 fully saturated rings. The summed E-state index contributed by atoms with van der Waals surface area (Å²) >= 11 is 4.28. The second kappa shape index (κ2) is 2.76. The fourth-order valence-corrected chi connectivity index (χ4v) is 3.10. The molecular formula is C9H10O4S. The largest absolute Gasteiger partial charge is 0.481 e. The van der Waals surface area contributed by atoms with Gasteiger partial charge in [-0.05, 0) is 12.3 Å². The first-order valence-electron chi connectivity index (χ1n) is 4.33. The smallest absolute Gasteiger partial charge is 0.309 e. The quantitative estimate of drug-likeness (QED) is 0.466. The molecule has 0 aromatic carbocycles. The number of allylic oxidation sites excluding steroid dienone is 1. The summed E-state index contributed by atoms with van der Waals surface area (Å²) in [4.78, 5) is 21.9. The lowest BCUT2D eigenvalue weighted by atomic mass is 9.83. The maximum atomic E-state index is 11.0. The van der Waals surface area contributed by atoms with Gasteiger partial charge in [0.05, 0.1) is 11.8 Å². The van der Waals surface area contributed by atoms with Crippen molar-refractivity contribution >= 4 is 24.6 Å². The molecule has 14 heavy (non-hydrogen) atoms. The molecule has 1 saturated carbocycles. The van der Waals surface area contributed by atoms with Crippen molar-refractivity contribution in [1.82, 2.24) is 0 Å². The Balaban J connectivity index is 2.41. The van der Waals surface area contributed by atoms with Crippen LogP contribution in [0.5, 0.6) is 0 Å². The van der Waals surface area contributed by atoms with Crippen molar-refractivity contribution in [1.29, 1.82) is 0 Å². The van der Waals surface area contributed by atoms with Crippen molar-refractivity contribution in [2.75, 3.05) is 0 Å². The molecule has 0 aromatic rings. The number of fused-ring (bicyclic) bond motifs is 2. The SMILES string of the molecule is O=C(O)C1C2C=CC(S)(C2)C1C(=O)O. The second-order valence-electron chi connectivity index (χ2n) is 3.90. The number of carboxylic acids is 2. The van der Waals surface area contributed by atoms with Crippen molar-refractivity contribution in [3.8, 4) is 0 Å². The Labute approximate surface area is 86.0 Å². The highest BCUT2D eigenvalue weighted by Gasteiger charge is 2.59. The lowest BCUT2D eigenvalue weighted by Gasteiger charge is -2.26. The Morgan fingerprint density at radius 3 is 2.43 bits per heavy atom. The molecule has 0 spiro atoms. The van der Waals surface area contributed by atoms with E-state index in [1.807, 2.05) is 0 Å². The Hall–Kier alpha value is -0.970. The standard InChI is InChI=1S/C9H10O4S/c10-7(11)5-4-1-2-9(14,3-4)6(5)8(12)13/h1-2,4-6,14H,3H2,(H,10,11)(H,12,13). The van der Waals surface area contributed by atoms with Crippen LogP contribution in [0.15, 0.2) is 12.2 Å². The molecule has 0 aromatic heterocycles. The summed E-state index contributed by atoms with van der Waals surface area (Å²) in [5.41, 5.74) is 0. The van der Waals surface area contributed by atoms with Gasteiger partial charge in [-0.25, -0.2) is 0 Å². The molecule has 2 aliphatic rings. The van der Waals surface area contributed by atoms with Crippen LogP contribution < -0.4 is 0 Å². The van der Waals surface area contributed by atoms with Crippen LogP contribution in [0.1, 0.15) is 6.42 Å². The molecule has 0 amide bonds. The predicted molar refractivity (Wildman–Crippen MR) is 51.2 cm³/mol. The molecule has 4 unspecified atom stereocenters. The third kappa shape index (κ3) is 1.08. The highest BCUT2D eigenvalue weighted by molar-refractivity contribution is 7.82. The van der Waals surface area contributed by atoms with E-state index in [9.17, 15) is 9.59 Å². The summed E-state index contributed by atoms with van der Waals surface area (Å²) in [6, 6.07) is 0. The number of hydrogen-bond acceptors (Lipinski definition) is 3. The normalized spacial score (nSPS) is 44.2. The number of carbonyl (C=O) groups is 2. The predicted octanol–water partition coefficient (Wildman–Crippen LogP) is 0.646. The van der Waals surface area contributed by atoms with Crippen LogP contribution in [0.3, 0.4) is 0 Å². The van der Waals surface area contributed by atoms with Gasteiger partial charge in [0.25, 0.3) is 0 Å². The molecule has 2 N–H and O–H groups in total. The van der Waals surface area contributed by atoms with Gasteiger partial charge in [0.1, 0.15) is 0 Å². The molecule has 0 radical (unpaired) electrons. The minimum atomic E-state index is -1.07. The molecule has 4 nitrogen and oxygen atoms in total. The average molecular weight is 214 g/mol. The zero-order chi connectivity index (χ0) is 10.5. The molecule has 5 heteroatoms. The average Bonchev–Trinajstić information content (AvgIpc) is 2.55. The molecule has 2 rings (SSSR count). The van der Waals surface area contributed by atoms with Crippen LogP contribution in [-0.4, -0.2) is 26.9 Å². The van der Waals surface area contributed by atoms with E-state index in [0.717, 1.165) is 0 Å². The van der Waals surface area contributed by atoms with Crippen LogP contribution in [0.4, 0.5) is 0 Å². The van der Waals surface area contributed by atoms with E-state index in [0.29, 0.717) is 6.42 Å². The van der Waals surface area contributed by atoms with Gasteiger partial charge >= 0.3 is 11.9 Å². The van der Waals surface area contributed by atoms with E-state index in [2.05, 4.69) is 12.6 Å². The van der Waals surface area contributed by atoms with Crippen LogP contribution in [0.2, 0.25) is 0 Å². The Morgan fingerprint density at radius 2 is 2.00 bits per heavy atom. The topological polar surface area (TPSA) is 74.6 Å². The van der Waals surface area contributed by atoms with Crippen LogP contribution in [-0.2, 0) is 9.59 Å². The molecule has 76 valence electrons. The lowest BCUT2D eigenvalue weighted by molar-refractivity contribution is -0.153. The van der Waals surface area contributed by atoms with E-state index in [1.165, 1.54) is 0 Å². The Morgan fingerprint density at radius 1 is 1.36 bits per heavy atom. The minimum Gasteiger partial charge on any atom is -0.481 e. The number of rotatable bonds is 2. The molecule has 0 saturated heterocycles. The maximum Gasteiger partial charge on any atom is 0.309 e. The summed E-state index contributed by atoms with van der Waals surface area (Å²) < 4.78 is -0.764. The minimum absolute atomic E-state index is 0.175. The van der Waals surface area contributed by atoms with Crippen LogP contribution >= 0.6 is 12.6 Å². The van der Waals surface area contributed by atoms with Gasteiger partial charge in [0, 0.05) is 4.75 Å². The van der Waals surface area contributed by atoms with Gasteiger partial charge in [-0.1, -0.05) is 12.2 Å². The highest BCUT2D eigenvalue weighted by Crippen LogP contribution is 2.54. The van der Waals surface area contributed by atoms with E-state index in [1.54, 1.807) is 12.2 Å². The molecule has 2 aliphatic carbocycles. The fourth-order valence-electron chi connectivity index (χ4n) is 2.53. The van der Waals surface area contributed by atoms with Crippen molar-refractivity contribution in [2.45, 2.75) is 11.2 Å². The maximum absolute atomic E-state index is 11.0. The van der Waals surface area contributed by atoms with E-state index in [4.69, 9.17) is 10.2 Å². The van der Waals surface area contributed by atoms with E-state index < -0.39 is 28.5 Å². The van der Waals surface area contributed by atoms with E-state index in [-0.39, 0.29) is 5.92 Å². The van der Waals surface area contributed by atoms with E-state index >= 15 is 0 Å². The fraction of sp³-hybridized carbons (Fsp3) is 0.556. The summed E-state index contributed by atoms with van der Waals surface area (Å²) in [5.74, 6) is -4.01. The van der Waals surface area contributed by atoms with Crippen molar-refractivity contribution in [3.63, 3.8) is 0 Å².